The van der Waals surface area contributed by atoms with Gasteiger partial charge in [-0.2, -0.15) is 15.1 Å². The van der Waals surface area contributed by atoms with E-state index < -0.39 is 5.97 Å². The molecule has 4 heterocycles. The number of hydrogen-bond donors (Lipinski definition) is 4. The number of carbonyl (C=O) groups is 1. The Morgan fingerprint density at radius 3 is 2.39 bits per heavy atom. The Morgan fingerprint density at radius 1 is 1.11 bits per heavy atom. The van der Waals surface area contributed by atoms with Crippen molar-refractivity contribution >= 4 is 23.6 Å². The Hall–Kier alpha value is -2.88. The summed E-state index contributed by atoms with van der Waals surface area (Å²) < 4.78 is 0. The third-order valence-electron chi connectivity index (χ3n) is 5.39. The zero-order valence-electron chi connectivity index (χ0n) is 15.8. The first kappa shape index (κ1) is 18.5. The summed E-state index contributed by atoms with van der Waals surface area (Å²) in [6.45, 7) is 5.41. The highest BCUT2D eigenvalue weighted by atomic mass is 16.4. The van der Waals surface area contributed by atoms with Gasteiger partial charge in [0.25, 0.3) is 0 Å². The Bertz CT molecular complexity index is 825. The van der Waals surface area contributed by atoms with Crippen molar-refractivity contribution in [2.45, 2.75) is 25.2 Å². The van der Waals surface area contributed by atoms with E-state index >= 15 is 0 Å². The molecule has 5 N–H and O–H groups in total. The summed E-state index contributed by atoms with van der Waals surface area (Å²) in [6.07, 6.45) is 1.84. The fourth-order valence-corrected chi connectivity index (χ4v) is 3.90. The predicted molar refractivity (Wildman–Crippen MR) is 106 cm³/mol. The number of piperidine rings is 1. The van der Waals surface area contributed by atoms with Crippen LogP contribution in [0.1, 0.15) is 30.1 Å². The van der Waals surface area contributed by atoms with Crippen LogP contribution in [0.4, 0.5) is 17.6 Å². The van der Waals surface area contributed by atoms with Gasteiger partial charge in [-0.15, -0.1) is 0 Å². The van der Waals surface area contributed by atoms with Gasteiger partial charge in [-0.05, 0) is 18.9 Å². The molecule has 0 spiro atoms. The van der Waals surface area contributed by atoms with Gasteiger partial charge in [-0.3, -0.25) is 9.89 Å². The molecular weight excluding hydrogens is 360 g/mol. The van der Waals surface area contributed by atoms with Gasteiger partial charge in [0.15, 0.2) is 0 Å². The highest BCUT2D eigenvalue weighted by molar-refractivity contribution is 5.69. The fraction of sp³-hybridized carbons (Fsp3) is 0.556. The van der Waals surface area contributed by atoms with Crippen molar-refractivity contribution in [3.63, 3.8) is 0 Å². The predicted octanol–water partition coefficient (Wildman–Crippen LogP) is 0.203. The number of piperazine rings is 1. The summed E-state index contributed by atoms with van der Waals surface area (Å²) in [5.74, 6) is 1.53. The summed E-state index contributed by atoms with van der Waals surface area (Å²) in [4.78, 5) is 24.2. The molecule has 2 saturated heterocycles. The number of rotatable bonds is 5. The van der Waals surface area contributed by atoms with Crippen molar-refractivity contribution in [2.24, 2.45) is 0 Å². The molecule has 2 aromatic heterocycles. The normalized spacial score (nSPS) is 18.4. The lowest BCUT2D eigenvalue weighted by molar-refractivity contribution is -0.136. The van der Waals surface area contributed by atoms with Crippen molar-refractivity contribution < 1.29 is 9.90 Å². The van der Waals surface area contributed by atoms with Gasteiger partial charge in [-0.25, -0.2) is 0 Å². The number of anilines is 3. The summed E-state index contributed by atoms with van der Waals surface area (Å²) in [5.41, 5.74) is 7.57. The van der Waals surface area contributed by atoms with Gasteiger partial charge >= 0.3 is 5.97 Å². The van der Waals surface area contributed by atoms with Crippen LogP contribution in [0.15, 0.2) is 12.1 Å². The van der Waals surface area contributed by atoms with Crippen LogP contribution in [0.3, 0.4) is 0 Å². The molecule has 0 aromatic carbocycles. The van der Waals surface area contributed by atoms with Crippen molar-refractivity contribution in [1.82, 2.24) is 25.5 Å². The molecule has 0 aliphatic carbocycles. The van der Waals surface area contributed by atoms with Crippen molar-refractivity contribution in [3.8, 4) is 0 Å². The lowest BCUT2D eigenvalue weighted by Crippen LogP contribution is -2.44. The van der Waals surface area contributed by atoms with Crippen LogP contribution in [0.2, 0.25) is 0 Å². The van der Waals surface area contributed by atoms with Crippen molar-refractivity contribution in [2.75, 3.05) is 54.8 Å². The summed E-state index contributed by atoms with van der Waals surface area (Å²) in [6, 6.07) is 3.90. The monoisotopic (exact) mass is 386 g/mol. The number of H-pyrrole nitrogens is 1. The lowest BCUT2D eigenvalue weighted by Gasteiger charge is -2.33. The number of nitrogens with zero attached hydrogens (tertiary/aromatic N) is 5. The van der Waals surface area contributed by atoms with E-state index in [-0.39, 0.29) is 6.42 Å². The molecule has 2 fully saturated rings. The van der Waals surface area contributed by atoms with E-state index in [0.29, 0.717) is 17.6 Å². The van der Waals surface area contributed by atoms with Crippen LogP contribution in [0, 0.1) is 0 Å². The molecule has 4 rings (SSSR count). The topological polar surface area (TPSA) is 136 Å². The second-order valence-corrected chi connectivity index (χ2v) is 7.33. The Labute approximate surface area is 163 Å². The third kappa shape index (κ3) is 4.16. The number of aromatic amines is 1. The number of carboxylic acids is 1. The van der Waals surface area contributed by atoms with Gasteiger partial charge in [-0.1, -0.05) is 0 Å². The molecule has 150 valence electrons. The summed E-state index contributed by atoms with van der Waals surface area (Å²) >= 11 is 0. The lowest BCUT2D eigenvalue weighted by atomic mass is 9.93. The SMILES string of the molecule is Nc1nc(N2CCNCC2)cc(N2CCC(c3cc(CC(=O)O)[nH]n3)CC2)n1. The Kier molecular flexibility index (Phi) is 5.29. The minimum Gasteiger partial charge on any atom is -0.481 e. The van der Waals surface area contributed by atoms with E-state index in [1.807, 2.05) is 12.1 Å². The highest BCUT2D eigenvalue weighted by Gasteiger charge is 2.25. The largest absolute Gasteiger partial charge is 0.481 e. The van der Waals surface area contributed by atoms with Crippen LogP contribution in [-0.2, 0) is 11.2 Å². The highest BCUT2D eigenvalue weighted by Crippen LogP contribution is 2.30. The summed E-state index contributed by atoms with van der Waals surface area (Å²) in [7, 11) is 0. The smallest absolute Gasteiger partial charge is 0.309 e. The second kappa shape index (κ2) is 8.01. The average molecular weight is 386 g/mol. The minimum atomic E-state index is -0.855. The third-order valence-corrected chi connectivity index (χ3v) is 5.39. The zero-order chi connectivity index (χ0) is 19.5. The number of nitrogen functional groups attached to an aromatic ring is 1. The number of nitrogens with two attached hydrogens (primary N) is 1. The van der Waals surface area contributed by atoms with Gasteiger partial charge in [0.05, 0.1) is 12.1 Å². The van der Waals surface area contributed by atoms with Gasteiger partial charge in [0.1, 0.15) is 11.6 Å². The first-order chi connectivity index (χ1) is 13.6. The van der Waals surface area contributed by atoms with Crippen LogP contribution in [0.5, 0.6) is 0 Å². The molecular formula is C18H26N8O2. The van der Waals surface area contributed by atoms with E-state index in [0.717, 1.165) is 69.4 Å². The maximum atomic E-state index is 10.8. The van der Waals surface area contributed by atoms with Gasteiger partial charge in [0, 0.05) is 56.9 Å². The molecule has 0 unspecified atom stereocenters. The molecule has 0 radical (unpaired) electrons. The molecule has 2 aromatic rings. The molecule has 10 heteroatoms. The number of carboxylic acid groups (broad SMARTS) is 1. The van der Waals surface area contributed by atoms with E-state index in [2.05, 4.69) is 35.3 Å². The van der Waals surface area contributed by atoms with Crippen molar-refractivity contribution in [3.05, 3.63) is 23.5 Å². The minimum absolute atomic E-state index is 0.0269. The van der Waals surface area contributed by atoms with E-state index in [9.17, 15) is 4.79 Å². The van der Waals surface area contributed by atoms with E-state index in [4.69, 9.17) is 10.8 Å². The van der Waals surface area contributed by atoms with Gasteiger partial charge < -0.3 is 26.0 Å². The quantitative estimate of drug-likeness (QED) is 0.568. The molecule has 0 saturated carbocycles. The molecule has 10 nitrogen and oxygen atoms in total. The molecule has 0 amide bonds. The first-order valence-corrected chi connectivity index (χ1v) is 9.69. The van der Waals surface area contributed by atoms with E-state index in [1.54, 1.807) is 0 Å². The Balaban J connectivity index is 1.41. The molecule has 2 aliphatic heterocycles. The first-order valence-electron chi connectivity index (χ1n) is 9.69. The van der Waals surface area contributed by atoms with E-state index in [1.165, 1.54) is 0 Å². The maximum Gasteiger partial charge on any atom is 0.309 e. The Morgan fingerprint density at radius 2 is 1.75 bits per heavy atom. The number of nitrogens with one attached hydrogen (secondary N) is 2. The van der Waals surface area contributed by atoms with Crippen LogP contribution in [-0.4, -0.2) is 70.5 Å². The molecule has 2 aliphatic rings. The molecule has 0 atom stereocenters. The fourth-order valence-electron chi connectivity index (χ4n) is 3.90. The number of aliphatic carboxylic acids is 1. The molecule has 28 heavy (non-hydrogen) atoms. The zero-order valence-corrected chi connectivity index (χ0v) is 15.8. The summed E-state index contributed by atoms with van der Waals surface area (Å²) in [5, 5.41) is 19.4. The van der Waals surface area contributed by atoms with Gasteiger partial charge in [0.2, 0.25) is 5.95 Å². The molecule has 0 bridgehead atoms. The van der Waals surface area contributed by atoms with Crippen LogP contribution in [0.25, 0.3) is 0 Å². The average Bonchev–Trinajstić information content (AvgIpc) is 3.16. The van der Waals surface area contributed by atoms with Crippen LogP contribution < -0.4 is 20.9 Å². The standard InChI is InChI=1S/C18H26N8O2/c19-18-21-15(11-16(22-18)26-7-3-20-4-8-26)25-5-1-12(2-6-25)14-9-13(23-24-14)10-17(27)28/h9,11-12,20H,1-8,10H2,(H,23,24)(H,27,28)(H2,19,21,22). The second-order valence-electron chi connectivity index (χ2n) is 7.33. The number of aromatic nitrogens is 4. The maximum absolute atomic E-state index is 10.8. The van der Waals surface area contributed by atoms with Crippen LogP contribution >= 0.6 is 0 Å². The number of hydrogen-bond acceptors (Lipinski definition) is 8. The van der Waals surface area contributed by atoms with Crippen molar-refractivity contribution in [1.29, 1.82) is 0 Å².